The first-order chi connectivity index (χ1) is 15.9. The van der Waals surface area contributed by atoms with Gasteiger partial charge in [0.2, 0.25) is 6.79 Å². The van der Waals surface area contributed by atoms with Crippen LogP contribution >= 0.6 is 11.6 Å². The third-order valence-corrected chi connectivity index (χ3v) is 6.78. The highest BCUT2D eigenvalue weighted by Crippen LogP contribution is 2.51. The summed E-state index contributed by atoms with van der Waals surface area (Å²) < 4.78 is 10.9. The van der Waals surface area contributed by atoms with E-state index in [1.165, 1.54) is 0 Å². The van der Waals surface area contributed by atoms with Gasteiger partial charge in [-0.25, -0.2) is 0 Å². The Hall–Kier alpha value is -3.31. The van der Waals surface area contributed by atoms with E-state index in [1.54, 1.807) is 31.1 Å². The zero-order valence-electron chi connectivity index (χ0n) is 18.6. The lowest BCUT2D eigenvalue weighted by molar-refractivity contribution is -0.120. The van der Waals surface area contributed by atoms with Gasteiger partial charge in [-0.05, 0) is 65.9 Å². The summed E-state index contributed by atoms with van der Waals surface area (Å²) in [5.74, 6) is 1.58. The highest BCUT2D eigenvalue weighted by Gasteiger charge is 2.50. The van der Waals surface area contributed by atoms with Crippen molar-refractivity contribution < 1.29 is 19.1 Å². The van der Waals surface area contributed by atoms with Gasteiger partial charge in [-0.2, -0.15) is 0 Å². The molecule has 0 N–H and O–H groups in total. The van der Waals surface area contributed by atoms with Crippen molar-refractivity contribution in [3.63, 3.8) is 0 Å². The molecular formula is C27H24ClNO4. The summed E-state index contributed by atoms with van der Waals surface area (Å²) >= 11 is 6.49. The Morgan fingerprint density at radius 1 is 0.939 bits per heavy atom. The van der Waals surface area contributed by atoms with Crippen molar-refractivity contribution in [2.24, 2.45) is 0 Å². The summed E-state index contributed by atoms with van der Waals surface area (Å²) in [7, 11) is 3.45. The molecule has 1 aliphatic carbocycles. The van der Waals surface area contributed by atoms with Crippen LogP contribution in [0.3, 0.4) is 0 Å². The number of hydrogen-bond donors (Lipinski definition) is 0. The number of ketones is 1. The molecule has 1 aliphatic heterocycles. The molecule has 33 heavy (non-hydrogen) atoms. The number of carbonyl (C=O) groups excluding carboxylic acids is 2. The van der Waals surface area contributed by atoms with Crippen LogP contribution in [0.15, 0.2) is 60.7 Å². The second kappa shape index (κ2) is 8.23. The number of rotatable bonds is 6. The van der Waals surface area contributed by atoms with Gasteiger partial charge in [0.05, 0.1) is 5.41 Å². The van der Waals surface area contributed by atoms with Crippen LogP contribution < -0.4 is 9.47 Å². The second-order valence-electron chi connectivity index (χ2n) is 8.84. The molecule has 0 atom stereocenters. The van der Waals surface area contributed by atoms with Crippen molar-refractivity contribution >= 4 is 23.3 Å². The predicted molar refractivity (Wildman–Crippen MR) is 127 cm³/mol. The standard InChI is InChI=1S/C27H24ClNO4/c1-29(2)26(31)19-6-4-18(5-7-19)21-13-17(3-9-22(21)28)14-25(30)27(11-12-27)20-8-10-23-24(15-20)33-16-32-23/h3-10,13,15H,11-12,14,16H2,1-2H3. The van der Waals surface area contributed by atoms with Gasteiger partial charge in [-0.1, -0.05) is 35.9 Å². The summed E-state index contributed by atoms with van der Waals surface area (Å²) in [6.07, 6.45) is 2.01. The van der Waals surface area contributed by atoms with E-state index < -0.39 is 5.41 Å². The minimum absolute atomic E-state index is 0.0507. The molecule has 5 nitrogen and oxygen atoms in total. The number of ether oxygens (including phenoxy) is 2. The first-order valence-electron chi connectivity index (χ1n) is 10.9. The normalized spacial score (nSPS) is 15.2. The van der Waals surface area contributed by atoms with E-state index in [1.807, 2.05) is 48.5 Å². The van der Waals surface area contributed by atoms with Crippen molar-refractivity contribution in [2.75, 3.05) is 20.9 Å². The van der Waals surface area contributed by atoms with E-state index in [2.05, 4.69) is 0 Å². The van der Waals surface area contributed by atoms with Crippen molar-refractivity contribution in [2.45, 2.75) is 24.7 Å². The van der Waals surface area contributed by atoms with Gasteiger partial charge in [-0.3, -0.25) is 9.59 Å². The fourth-order valence-corrected chi connectivity index (χ4v) is 4.58. The Morgan fingerprint density at radius 3 is 2.36 bits per heavy atom. The molecular weight excluding hydrogens is 438 g/mol. The molecule has 0 spiro atoms. The van der Waals surface area contributed by atoms with E-state index in [4.69, 9.17) is 21.1 Å². The summed E-state index contributed by atoms with van der Waals surface area (Å²) in [6, 6.07) is 18.9. The number of Topliss-reactive ketones (excluding diaryl/α,β-unsaturated/α-hetero) is 1. The van der Waals surface area contributed by atoms with Crippen LogP contribution in [0.2, 0.25) is 5.02 Å². The predicted octanol–water partition coefficient (Wildman–Crippen LogP) is 5.28. The molecule has 0 radical (unpaired) electrons. The lowest BCUT2D eigenvalue weighted by Gasteiger charge is -2.16. The molecule has 6 heteroatoms. The Kier molecular flexibility index (Phi) is 5.37. The van der Waals surface area contributed by atoms with Crippen LogP contribution in [0.5, 0.6) is 11.5 Å². The van der Waals surface area contributed by atoms with E-state index in [0.29, 0.717) is 22.8 Å². The maximum atomic E-state index is 13.4. The average molecular weight is 462 g/mol. The quantitative estimate of drug-likeness (QED) is 0.501. The van der Waals surface area contributed by atoms with Gasteiger partial charge in [0.25, 0.3) is 5.91 Å². The molecule has 2 aliphatic rings. The Morgan fingerprint density at radius 2 is 1.67 bits per heavy atom. The van der Waals surface area contributed by atoms with Crippen molar-refractivity contribution in [1.82, 2.24) is 4.90 Å². The van der Waals surface area contributed by atoms with Crippen LogP contribution in [0.4, 0.5) is 0 Å². The molecule has 1 heterocycles. The van der Waals surface area contributed by atoms with Gasteiger partial charge in [-0.15, -0.1) is 0 Å². The third kappa shape index (κ3) is 3.98. The summed E-state index contributed by atoms with van der Waals surface area (Å²) in [6.45, 7) is 0.220. The molecule has 0 saturated heterocycles. The molecule has 5 rings (SSSR count). The molecule has 0 unspecified atom stereocenters. The molecule has 3 aromatic rings. The van der Waals surface area contributed by atoms with E-state index in [0.717, 1.165) is 40.8 Å². The summed E-state index contributed by atoms with van der Waals surface area (Å²) in [4.78, 5) is 27.1. The van der Waals surface area contributed by atoms with Gasteiger partial charge in [0.15, 0.2) is 11.5 Å². The van der Waals surface area contributed by atoms with Crippen LogP contribution in [0.25, 0.3) is 11.1 Å². The first kappa shape index (κ1) is 21.5. The highest BCUT2D eigenvalue weighted by molar-refractivity contribution is 6.33. The summed E-state index contributed by atoms with van der Waals surface area (Å²) in [5.41, 5.74) is 3.83. The van der Waals surface area contributed by atoms with E-state index in [-0.39, 0.29) is 18.5 Å². The third-order valence-electron chi connectivity index (χ3n) is 6.45. The lowest BCUT2D eigenvalue weighted by atomic mass is 9.87. The van der Waals surface area contributed by atoms with Crippen molar-refractivity contribution in [1.29, 1.82) is 0 Å². The van der Waals surface area contributed by atoms with Gasteiger partial charge < -0.3 is 14.4 Å². The van der Waals surface area contributed by atoms with Crippen LogP contribution in [-0.2, 0) is 16.6 Å². The molecule has 1 fully saturated rings. The molecule has 1 saturated carbocycles. The minimum atomic E-state index is -0.449. The first-order valence-corrected chi connectivity index (χ1v) is 11.3. The number of halogens is 1. The van der Waals surface area contributed by atoms with Gasteiger partial charge in [0, 0.05) is 36.7 Å². The maximum absolute atomic E-state index is 13.4. The molecule has 0 aromatic heterocycles. The average Bonchev–Trinajstić information content (AvgIpc) is 3.50. The Labute approximate surface area is 197 Å². The fourth-order valence-electron chi connectivity index (χ4n) is 4.36. The molecule has 168 valence electrons. The molecule has 1 amide bonds. The van der Waals surface area contributed by atoms with Crippen molar-refractivity contribution in [3.05, 3.63) is 82.4 Å². The monoisotopic (exact) mass is 461 g/mol. The topological polar surface area (TPSA) is 55.8 Å². The lowest BCUT2D eigenvalue weighted by Crippen LogP contribution is -2.22. The van der Waals surface area contributed by atoms with Crippen molar-refractivity contribution in [3.8, 4) is 22.6 Å². The minimum Gasteiger partial charge on any atom is -0.454 e. The number of fused-ring (bicyclic) bond motifs is 1. The number of benzene rings is 3. The highest BCUT2D eigenvalue weighted by atomic mass is 35.5. The number of nitrogens with zero attached hydrogens (tertiary/aromatic N) is 1. The largest absolute Gasteiger partial charge is 0.454 e. The maximum Gasteiger partial charge on any atom is 0.253 e. The van der Waals surface area contributed by atoms with Crippen LogP contribution in [-0.4, -0.2) is 37.5 Å². The Bertz CT molecular complexity index is 1250. The number of hydrogen-bond acceptors (Lipinski definition) is 4. The fraction of sp³-hybridized carbons (Fsp3) is 0.259. The smallest absolute Gasteiger partial charge is 0.253 e. The zero-order chi connectivity index (χ0) is 23.2. The van der Waals surface area contributed by atoms with Gasteiger partial charge in [0.1, 0.15) is 5.78 Å². The van der Waals surface area contributed by atoms with Crippen LogP contribution in [0, 0.1) is 0 Å². The van der Waals surface area contributed by atoms with Crippen LogP contribution in [0.1, 0.15) is 34.3 Å². The van der Waals surface area contributed by atoms with E-state index >= 15 is 0 Å². The second-order valence-corrected chi connectivity index (χ2v) is 9.25. The van der Waals surface area contributed by atoms with E-state index in [9.17, 15) is 9.59 Å². The molecule has 3 aromatic carbocycles. The zero-order valence-corrected chi connectivity index (χ0v) is 19.3. The van der Waals surface area contributed by atoms with Gasteiger partial charge >= 0.3 is 0 Å². The number of amides is 1. The molecule has 0 bridgehead atoms. The summed E-state index contributed by atoms with van der Waals surface area (Å²) in [5, 5.41) is 0.606. The number of carbonyl (C=O) groups is 2. The Balaban J connectivity index is 1.37. The SMILES string of the molecule is CN(C)C(=O)c1ccc(-c2cc(CC(=O)C3(c4ccc5c(c4)OCO5)CC3)ccc2Cl)cc1.